The van der Waals surface area contributed by atoms with Gasteiger partial charge in [-0.25, -0.2) is 4.79 Å². The van der Waals surface area contributed by atoms with E-state index in [1.54, 1.807) is 25.1 Å². The Morgan fingerprint density at radius 3 is 2.83 bits per heavy atom. The minimum Gasteiger partial charge on any atom is -0.487 e. The molecule has 5 nitrogen and oxygen atoms in total. The van der Waals surface area contributed by atoms with Crippen LogP contribution in [0.25, 0.3) is 0 Å². The standard InChI is InChI=1S/C15H12Cl2N2O3S/c1-2-21-15(20)13-9(8(6-18)14(19)23-13)7-22-11-5-3-4-10(16)12(11)17/h3-5H,2,7,19H2,1H3. The lowest BCUT2D eigenvalue weighted by molar-refractivity contribution is 0.0529. The molecule has 0 saturated carbocycles. The summed E-state index contributed by atoms with van der Waals surface area (Å²) >= 11 is 13.0. The predicted octanol–water partition coefficient (Wildman–Crippen LogP) is 4.26. The van der Waals surface area contributed by atoms with E-state index in [2.05, 4.69) is 0 Å². The van der Waals surface area contributed by atoms with Crippen LogP contribution in [0.5, 0.6) is 5.75 Å². The van der Waals surface area contributed by atoms with Crippen molar-refractivity contribution in [3.63, 3.8) is 0 Å². The van der Waals surface area contributed by atoms with Crippen molar-refractivity contribution >= 4 is 45.5 Å². The Labute approximate surface area is 147 Å². The smallest absolute Gasteiger partial charge is 0.348 e. The average molecular weight is 371 g/mol. The monoisotopic (exact) mass is 370 g/mol. The summed E-state index contributed by atoms with van der Waals surface area (Å²) in [4.78, 5) is 12.2. The van der Waals surface area contributed by atoms with Crippen molar-refractivity contribution in [2.45, 2.75) is 13.5 Å². The van der Waals surface area contributed by atoms with Crippen molar-refractivity contribution in [1.82, 2.24) is 0 Å². The molecule has 8 heteroatoms. The minimum atomic E-state index is -0.540. The molecule has 23 heavy (non-hydrogen) atoms. The molecule has 2 aromatic rings. The highest BCUT2D eigenvalue weighted by Gasteiger charge is 2.23. The van der Waals surface area contributed by atoms with Crippen molar-refractivity contribution < 1.29 is 14.3 Å². The van der Waals surface area contributed by atoms with E-state index in [0.29, 0.717) is 16.3 Å². The highest BCUT2D eigenvalue weighted by Crippen LogP contribution is 2.35. The normalized spacial score (nSPS) is 10.2. The second kappa shape index (κ2) is 7.55. The fraction of sp³-hybridized carbons (Fsp3) is 0.200. The van der Waals surface area contributed by atoms with Crippen molar-refractivity contribution in [2.75, 3.05) is 12.3 Å². The molecular weight excluding hydrogens is 359 g/mol. The van der Waals surface area contributed by atoms with E-state index in [-0.39, 0.29) is 33.7 Å². The van der Waals surface area contributed by atoms with Crippen LogP contribution in [0.4, 0.5) is 5.00 Å². The second-order valence-electron chi connectivity index (χ2n) is 4.32. The molecule has 0 fully saturated rings. The van der Waals surface area contributed by atoms with Crippen molar-refractivity contribution in [1.29, 1.82) is 5.26 Å². The Balaban J connectivity index is 2.33. The maximum absolute atomic E-state index is 12.0. The van der Waals surface area contributed by atoms with Gasteiger partial charge in [0.25, 0.3) is 0 Å². The zero-order chi connectivity index (χ0) is 17.0. The number of nitrogen functional groups attached to an aromatic ring is 1. The lowest BCUT2D eigenvalue weighted by Crippen LogP contribution is -2.08. The van der Waals surface area contributed by atoms with Crippen LogP contribution in [0.15, 0.2) is 18.2 Å². The first-order valence-electron chi connectivity index (χ1n) is 6.54. The number of carbonyl (C=O) groups is 1. The molecule has 0 saturated heterocycles. The lowest BCUT2D eigenvalue weighted by Gasteiger charge is -2.09. The van der Waals surface area contributed by atoms with Gasteiger partial charge in [-0.1, -0.05) is 29.3 Å². The number of halogens is 2. The molecule has 2 N–H and O–H groups in total. The van der Waals surface area contributed by atoms with Crippen molar-refractivity contribution in [2.24, 2.45) is 0 Å². The maximum Gasteiger partial charge on any atom is 0.348 e. The SMILES string of the molecule is CCOC(=O)c1sc(N)c(C#N)c1COc1cccc(Cl)c1Cl. The van der Waals surface area contributed by atoms with Gasteiger partial charge in [-0.3, -0.25) is 0 Å². The summed E-state index contributed by atoms with van der Waals surface area (Å²) in [5, 5.41) is 10.1. The maximum atomic E-state index is 12.0. The fourth-order valence-corrected chi connectivity index (χ4v) is 3.12. The van der Waals surface area contributed by atoms with Gasteiger partial charge in [0.2, 0.25) is 0 Å². The van der Waals surface area contributed by atoms with Gasteiger partial charge in [-0.2, -0.15) is 5.26 Å². The number of rotatable bonds is 5. The summed E-state index contributed by atoms with van der Waals surface area (Å²) in [6.07, 6.45) is 0. The van der Waals surface area contributed by atoms with Gasteiger partial charge < -0.3 is 15.2 Å². The number of anilines is 1. The summed E-state index contributed by atoms with van der Waals surface area (Å²) in [7, 11) is 0. The molecular formula is C15H12Cl2N2O3S. The van der Waals surface area contributed by atoms with Gasteiger partial charge in [0.15, 0.2) is 0 Å². The highest BCUT2D eigenvalue weighted by atomic mass is 35.5. The Kier molecular flexibility index (Phi) is 5.72. The molecule has 1 aromatic heterocycles. The molecule has 1 aromatic carbocycles. The van der Waals surface area contributed by atoms with Crippen molar-refractivity contribution in [3.05, 3.63) is 44.2 Å². The van der Waals surface area contributed by atoms with Gasteiger partial charge >= 0.3 is 5.97 Å². The number of ether oxygens (including phenoxy) is 2. The number of hydrogen-bond acceptors (Lipinski definition) is 6. The van der Waals surface area contributed by atoms with E-state index < -0.39 is 5.97 Å². The van der Waals surface area contributed by atoms with Gasteiger partial charge in [0, 0.05) is 5.56 Å². The zero-order valence-electron chi connectivity index (χ0n) is 12.1. The van der Waals surface area contributed by atoms with E-state index in [0.717, 1.165) is 11.3 Å². The van der Waals surface area contributed by atoms with Crippen LogP contribution in [-0.4, -0.2) is 12.6 Å². The van der Waals surface area contributed by atoms with Crippen LogP contribution in [0.3, 0.4) is 0 Å². The van der Waals surface area contributed by atoms with Gasteiger partial charge in [0.05, 0.1) is 17.2 Å². The van der Waals surface area contributed by atoms with Gasteiger partial charge in [-0.05, 0) is 19.1 Å². The summed E-state index contributed by atoms with van der Waals surface area (Å²) in [6.45, 7) is 1.87. The molecule has 0 radical (unpaired) electrons. The number of nitrogens with zero attached hydrogens (tertiary/aromatic N) is 1. The van der Waals surface area contributed by atoms with Crippen LogP contribution in [-0.2, 0) is 11.3 Å². The van der Waals surface area contributed by atoms with E-state index in [4.69, 9.17) is 38.4 Å². The lowest BCUT2D eigenvalue weighted by atomic mass is 10.1. The quantitative estimate of drug-likeness (QED) is 0.794. The van der Waals surface area contributed by atoms with Crippen LogP contribution < -0.4 is 10.5 Å². The largest absolute Gasteiger partial charge is 0.487 e. The molecule has 0 aliphatic carbocycles. The number of nitrogens with two attached hydrogens (primary N) is 1. The Bertz CT molecular complexity index is 784. The van der Waals surface area contributed by atoms with Crippen LogP contribution in [0, 0.1) is 11.3 Å². The number of benzene rings is 1. The van der Waals surface area contributed by atoms with E-state index in [1.807, 2.05) is 6.07 Å². The molecule has 0 bridgehead atoms. The summed E-state index contributed by atoms with van der Waals surface area (Å²) in [5.41, 5.74) is 6.38. The Hall–Kier alpha value is -1.94. The molecule has 1 heterocycles. The molecule has 0 atom stereocenters. The third kappa shape index (κ3) is 3.70. The minimum absolute atomic E-state index is 0.0508. The molecule has 0 unspecified atom stereocenters. The molecule has 0 amide bonds. The summed E-state index contributed by atoms with van der Waals surface area (Å²) in [6, 6.07) is 6.93. The Morgan fingerprint density at radius 1 is 1.43 bits per heavy atom. The van der Waals surface area contributed by atoms with Gasteiger partial charge in [0.1, 0.15) is 33.3 Å². The predicted molar refractivity (Wildman–Crippen MR) is 90.2 cm³/mol. The van der Waals surface area contributed by atoms with E-state index in [1.165, 1.54) is 0 Å². The molecule has 120 valence electrons. The summed E-state index contributed by atoms with van der Waals surface area (Å²) < 4.78 is 10.6. The van der Waals surface area contributed by atoms with E-state index in [9.17, 15) is 10.1 Å². The molecule has 2 rings (SSSR count). The number of esters is 1. The highest BCUT2D eigenvalue weighted by molar-refractivity contribution is 7.18. The number of hydrogen-bond donors (Lipinski definition) is 1. The number of carbonyl (C=O) groups excluding carboxylic acids is 1. The zero-order valence-corrected chi connectivity index (χ0v) is 14.4. The fourth-order valence-electron chi connectivity index (χ4n) is 1.85. The van der Waals surface area contributed by atoms with Crippen molar-refractivity contribution in [3.8, 4) is 11.8 Å². The second-order valence-corrected chi connectivity index (χ2v) is 6.16. The third-order valence-corrected chi connectivity index (χ3v) is 4.74. The van der Waals surface area contributed by atoms with Gasteiger partial charge in [-0.15, -0.1) is 11.3 Å². The van der Waals surface area contributed by atoms with Crippen LogP contribution >= 0.6 is 34.5 Å². The third-order valence-electron chi connectivity index (χ3n) is 2.90. The molecule has 0 spiro atoms. The molecule has 0 aliphatic heterocycles. The van der Waals surface area contributed by atoms with Crippen LogP contribution in [0.2, 0.25) is 10.0 Å². The van der Waals surface area contributed by atoms with Crippen LogP contribution in [0.1, 0.15) is 27.7 Å². The first-order valence-corrected chi connectivity index (χ1v) is 8.12. The molecule has 0 aliphatic rings. The Morgan fingerprint density at radius 2 is 2.17 bits per heavy atom. The first kappa shape index (κ1) is 17.4. The number of thiophene rings is 1. The first-order chi connectivity index (χ1) is 11.0. The number of nitriles is 1. The van der Waals surface area contributed by atoms with E-state index >= 15 is 0 Å². The average Bonchev–Trinajstić information content (AvgIpc) is 2.85. The summed E-state index contributed by atoms with van der Waals surface area (Å²) in [5.74, 6) is -0.191. The topological polar surface area (TPSA) is 85.3 Å².